The number of aromatic nitrogens is 2. The molecule has 33 heavy (non-hydrogen) atoms. The van der Waals surface area contributed by atoms with Gasteiger partial charge in [0.25, 0.3) is 0 Å². The number of rotatable bonds is 5. The summed E-state index contributed by atoms with van der Waals surface area (Å²) >= 11 is 1.62. The van der Waals surface area contributed by atoms with E-state index in [0.29, 0.717) is 4.90 Å². The van der Waals surface area contributed by atoms with E-state index in [1.165, 1.54) is 24.7 Å². The standard InChI is InChI=1S/C26H25N3O2S2/c1-18-6-5-7-20(16-18)24-25(21-12-13-27-23(17-21)29-14-3-4-15-29)32-26(28-24)19-8-10-22(11-9-19)33(2,30)31/h5-13,16-17H,3-4,14-15H2,1-2H3. The molecule has 1 aliphatic rings. The van der Waals surface area contributed by atoms with Crippen LogP contribution < -0.4 is 4.90 Å². The smallest absolute Gasteiger partial charge is 0.175 e. The third-order valence-electron chi connectivity index (χ3n) is 5.89. The zero-order chi connectivity index (χ0) is 23.0. The summed E-state index contributed by atoms with van der Waals surface area (Å²) in [5.41, 5.74) is 5.18. The maximum atomic E-state index is 11.9. The van der Waals surface area contributed by atoms with Crippen molar-refractivity contribution in [2.45, 2.75) is 24.7 Å². The van der Waals surface area contributed by atoms with E-state index in [1.54, 1.807) is 23.5 Å². The summed E-state index contributed by atoms with van der Waals surface area (Å²) in [5.74, 6) is 1.01. The van der Waals surface area contributed by atoms with Crippen LogP contribution in [-0.2, 0) is 9.84 Å². The predicted molar refractivity (Wildman–Crippen MR) is 136 cm³/mol. The molecule has 3 heterocycles. The van der Waals surface area contributed by atoms with Gasteiger partial charge in [-0.25, -0.2) is 18.4 Å². The van der Waals surface area contributed by atoms with E-state index >= 15 is 0 Å². The first-order valence-electron chi connectivity index (χ1n) is 11.0. The van der Waals surface area contributed by atoms with Gasteiger partial charge in [-0.1, -0.05) is 35.9 Å². The van der Waals surface area contributed by atoms with Gasteiger partial charge in [0.2, 0.25) is 0 Å². The second-order valence-electron chi connectivity index (χ2n) is 8.46. The minimum Gasteiger partial charge on any atom is -0.357 e. The Morgan fingerprint density at radius 1 is 0.909 bits per heavy atom. The van der Waals surface area contributed by atoms with Gasteiger partial charge in [-0.05, 0) is 55.7 Å². The number of anilines is 1. The molecule has 0 spiro atoms. The predicted octanol–water partition coefficient (Wildman–Crippen LogP) is 5.85. The van der Waals surface area contributed by atoms with Crippen molar-refractivity contribution in [2.24, 2.45) is 0 Å². The number of sulfone groups is 1. The third kappa shape index (κ3) is 4.56. The Morgan fingerprint density at radius 2 is 1.67 bits per heavy atom. The van der Waals surface area contributed by atoms with Gasteiger partial charge in [-0.3, -0.25) is 0 Å². The molecule has 2 aromatic carbocycles. The third-order valence-corrected chi connectivity index (χ3v) is 8.17. The quantitative estimate of drug-likeness (QED) is 0.362. The first kappa shape index (κ1) is 21.8. The van der Waals surface area contributed by atoms with Gasteiger partial charge >= 0.3 is 0 Å². The minimum atomic E-state index is -3.24. The molecule has 1 fully saturated rings. The van der Waals surface area contributed by atoms with Gasteiger partial charge < -0.3 is 4.90 Å². The van der Waals surface area contributed by atoms with Crippen molar-refractivity contribution in [3.05, 3.63) is 72.4 Å². The van der Waals surface area contributed by atoms with Crippen LogP contribution in [0.3, 0.4) is 0 Å². The molecule has 0 N–H and O–H groups in total. The van der Waals surface area contributed by atoms with Crippen molar-refractivity contribution in [1.82, 2.24) is 9.97 Å². The fourth-order valence-corrected chi connectivity index (χ4v) is 5.87. The molecule has 0 radical (unpaired) electrons. The monoisotopic (exact) mass is 475 g/mol. The van der Waals surface area contributed by atoms with Crippen molar-refractivity contribution >= 4 is 27.0 Å². The van der Waals surface area contributed by atoms with Crippen molar-refractivity contribution in [3.8, 4) is 32.3 Å². The number of thiazole rings is 1. The van der Waals surface area contributed by atoms with Gasteiger partial charge in [-0.15, -0.1) is 11.3 Å². The van der Waals surface area contributed by atoms with Crippen molar-refractivity contribution < 1.29 is 8.42 Å². The number of pyridine rings is 1. The number of hydrogen-bond acceptors (Lipinski definition) is 6. The van der Waals surface area contributed by atoms with Gasteiger partial charge in [0.05, 0.1) is 15.5 Å². The van der Waals surface area contributed by atoms with E-state index in [4.69, 9.17) is 4.98 Å². The fourth-order valence-electron chi connectivity index (χ4n) is 4.15. The molecule has 0 aliphatic carbocycles. The van der Waals surface area contributed by atoms with Gasteiger partial charge in [0.15, 0.2) is 9.84 Å². The molecule has 2 aromatic heterocycles. The summed E-state index contributed by atoms with van der Waals surface area (Å²) in [7, 11) is -3.24. The number of hydrogen-bond donors (Lipinski definition) is 0. The number of nitrogens with zero attached hydrogens (tertiary/aromatic N) is 3. The average molecular weight is 476 g/mol. The highest BCUT2D eigenvalue weighted by Gasteiger charge is 2.19. The summed E-state index contributed by atoms with van der Waals surface area (Å²) in [6.45, 7) is 4.17. The molecular formula is C26H25N3O2S2. The highest BCUT2D eigenvalue weighted by molar-refractivity contribution is 7.90. The Kier molecular flexibility index (Phi) is 5.76. The van der Waals surface area contributed by atoms with Crippen LogP contribution in [0.2, 0.25) is 0 Å². The average Bonchev–Trinajstić information content (AvgIpc) is 3.49. The molecule has 0 amide bonds. The van der Waals surface area contributed by atoms with Crippen LogP contribution in [0.25, 0.3) is 32.3 Å². The topological polar surface area (TPSA) is 63.2 Å². The summed E-state index contributed by atoms with van der Waals surface area (Å²) < 4.78 is 23.7. The fraction of sp³-hybridized carbons (Fsp3) is 0.231. The molecule has 7 heteroatoms. The van der Waals surface area contributed by atoms with Crippen LogP contribution in [0.15, 0.2) is 71.8 Å². The normalized spacial score (nSPS) is 14.1. The Morgan fingerprint density at radius 3 is 2.36 bits per heavy atom. The Labute approximate surface area is 198 Å². The molecule has 1 aliphatic heterocycles. The molecule has 1 saturated heterocycles. The molecule has 5 nitrogen and oxygen atoms in total. The van der Waals surface area contributed by atoms with E-state index in [-0.39, 0.29) is 0 Å². The molecule has 4 aromatic rings. The van der Waals surface area contributed by atoms with E-state index in [2.05, 4.69) is 47.1 Å². The summed E-state index contributed by atoms with van der Waals surface area (Å²) in [4.78, 5) is 13.4. The highest BCUT2D eigenvalue weighted by Crippen LogP contribution is 2.41. The van der Waals surface area contributed by atoms with Crippen molar-refractivity contribution in [1.29, 1.82) is 0 Å². The van der Waals surface area contributed by atoms with Gasteiger partial charge in [-0.2, -0.15) is 0 Å². The van der Waals surface area contributed by atoms with E-state index in [0.717, 1.165) is 51.2 Å². The lowest BCUT2D eigenvalue weighted by atomic mass is 10.1. The lowest BCUT2D eigenvalue weighted by Gasteiger charge is -2.16. The zero-order valence-corrected chi connectivity index (χ0v) is 20.3. The van der Waals surface area contributed by atoms with Crippen LogP contribution in [-0.4, -0.2) is 37.7 Å². The number of aryl methyl sites for hydroxylation is 1. The molecule has 0 atom stereocenters. The zero-order valence-electron chi connectivity index (χ0n) is 18.7. The van der Waals surface area contributed by atoms with Crippen LogP contribution in [0.1, 0.15) is 18.4 Å². The van der Waals surface area contributed by atoms with Crippen LogP contribution in [0, 0.1) is 6.92 Å². The Balaban J connectivity index is 1.62. The van der Waals surface area contributed by atoms with E-state index in [1.807, 2.05) is 24.4 Å². The second kappa shape index (κ2) is 8.72. The molecule has 168 valence electrons. The maximum absolute atomic E-state index is 11.9. The maximum Gasteiger partial charge on any atom is 0.175 e. The largest absolute Gasteiger partial charge is 0.357 e. The first-order chi connectivity index (χ1) is 15.9. The summed E-state index contributed by atoms with van der Waals surface area (Å²) in [6, 6.07) is 19.5. The molecule has 0 saturated carbocycles. The van der Waals surface area contributed by atoms with Crippen molar-refractivity contribution in [3.63, 3.8) is 0 Å². The Hall–Kier alpha value is -3.03. The molecule has 0 bridgehead atoms. The SMILES string of the molecule is Cc1cccc(-c2nc(-c3ccc(S(C)(=O)=O)cc3)sc2-c2ccnc(N3CCCC3)c2)c1. The second-order valence-corrected chi connectivity index (χ2v) is 11.5. The lowest BCUT2D eigenvalue weighted by Crippen LogP contribution is -2.18. The lowest BCUT2D eigenvalue weighted by molar-refractivity contribution is 0.602. The highest BCUT2D eigenvalue weighted by atomic mass is 32.2. The molecular weight excluding hydrogens is 450 g/mol. The van der Waals surface area contributed by atoms with Gasteiger partial charge in [0.1, 0.15) is 10.8 Å². The molecule has 5 rings (SSSR count). The van der Waals surface area contributed by atoms with Crippen LogP contribution in [0.4, 0.5) is 5.82 Å². The summed E-state index contributed by atoms with van der Waals surface area (Å²) in [5, 5.41) is 0.862. The molecule has 0 unspecified atom stereocenters. The number of benzene rings is 2. The Bertz CT molecular complexity index is 1400. The van der Waals surface area contributed by atoms with Crippen LogP contribution in [0.5, 0.6) is 0 Å². The summed E-state index contributed by atoms with van der Waals surface area (Å²) in [6.07, 6.45) is 5.51. The van der Waals surface area contributed by atoms with Gasteiger partial charge in [0, 0.05) is 36.7 Å². The van der Waals surface area contributed by atoms with Crippen molar-refractivity contribution in [2.75, 3.05) is 24.2 Å². The minimum absolute atomic E-state index is 0.311. The first-order valence-corrected chi connectivity index (χ1v) is 13.7. The van der Waals surface area contributed by atoms with Crippen LogP contribution >= 0.6 is 11.3 Å². The van der Waals surface area contributed by atoms with E-state index < -0.39 is 9.84 Å². The van der Waals surface area contributed by atoms with E-state index in [9.17, 15) is 8.42 Å².